The summed E-state index contributed by atoms with van der Waals surface area (Å²) in [7, 11) is 0. The normalized spacial score (nSPS) is 16.8. The maximum atomic E-state index is 13.1. The van der Waals surface area contributed by atoms with Crippen LogP contribution in [0.15, 0.2) is 52.1 Å². The molecule has 9 heteroatoms. The van der Waals surface area contributed by atoms with Crippen LogP contribution < -0.4 is 11.2 Å². The molecule has 4 rings (SSSR count). The maximum Gasteiger partial charge on any atom is 0.435 e. The molecule has 0 saturated carbocycles. The molecule has 1 aliphatic rings. The average molecular weight is 444 g/mol. The lowest BCUT2D eigenvalue weighted by Gasteiger charge is -2.24. The number of aryl methyl sites for hydroxylation is 1. The number of aromatic nitrogens is 4. The summed E-state index contributed by atoms with van der Waals surface area (Å²) in [5.41, 5.74) is 1.43. The predicted octanol–water partition coefficient (Wildman–Crippen LogP) is 4.24. The summed E-state index contributed by atoms with van der Waals surface area (Å²) in [6.07, 6.45) is -0.594. The third-order valence-electron chi connectivity index (χ3n) is 5.82. The summed E-state index contributed by atoms with van der Waals surface area (Å²) >= 11 is 0. The van der Waals surface area contributed by atoms with E-state index in [1.807, 2.05) is 36.4 Å². The van der Waals surface area contributed by atoms with Gasteiger partial charge in [-0.05, 0) is 43.4 Å². The highest BCUT2D eigenvalue weighted by molar-refractivity contribution is 5.64. The number of nitrogens with one attached hydrogen (secondary N) is 2. The molecule has 1 unspecified atom stereocenters. The van der Waals surface area contributed by atoms with E-state index in [-0.39, 0.29) is 5.92 Å². The quantitative estimate of drug-likeness (QED) is 0.618. The van der Waals surface area contributed by atoms with E-state index in [9.17, 15) is 22.8 Å². The van der Waals surface area contributed by atoms with Crippen molar-refractivity contribution in [3.8, 4) is 0 Å². The van der Waals surface area contributed by atoms with Gasteiger partial charge >= 0.3 is 11.9 Å². The van der Waals surface area contributed by atoms with E-state index in [0.717, 1.165) is 17.2 Å². The Balaban J connectivity index is 1.64. The summed E-state index contributed by atoms with van der Waals surface area (Å²) < 4.78 is 40.7. The highest BCUT2D eigenvalue weighted by Crippen LogP contribution is 2.38. The first-order chi connectivity index (χ1) is 15.3. The highest BCUT2D eigenvalue weighted by Gasteiger charge is 2.35. The fraction of sp³-hybridized carbons (Fsp3) is 0.348. The fourth-order valence-corrected chi connectivity index (χ4v) is 4.24. The fourth-order valence-electron chi connectivity index (χ4n) is 4.24. The van der Waals surface area contributed by atoms with Crippen LogP contribution in [0.2, 0.25) is 0 Å². The smallest absolute Gasteiger partial charge is 0.311 e. The SMILES string of the molecule is CCn1nc(C(F)(F)F)cc1C1=CCC(c2[nH]c(=O)[nH]c(=O)c2Cc2ccccc2)CC1. The first-order valence-electron chi connectivity index (χ1n) is 10.5. The summed E-state index contributed by atoms with van der Waals surface area (Å²) in [5, 5.41) is 3.69. The Bertz CT molecular complexity index is 1250. The Labute approximate surface area is 181 Å². The average Bonchev–Trinajstić information content (AvgIpc) is 3.21. The third-order valence-corrected chi connectivity index (χ3v) is 5.82. The molecule has 0 radical (unpaired) electrons. The number of benzene rings is 1. The van der Waals surface area contributed by atoms with Crippen molar-refractivity contribution < 1.29 is 13.2 Å². The van der Waals surface area contributed by atoms with Gasteiger partial charge in [-0.2, -0.15) is 18.3 Å². The zero-order chi connectivity index (χ0) is 22.9. The lowest BCUT2D eigenvalue weighted by molar-refractivity contribution is -0.141. The van der Waals surface area contributed by atoms with Gasteiger partial charge in [0.05, 0.1) is 5.69 Å². The van der Waals surface area contributed by atoms with Gasteiger partial charge in [-0.25, -0.2) is 4.79 Å². The van der Waals surface area contributed by atoms with Crippen molar-refractivity contribution in [3.63, 3.8) is 0 Å². The number of rotatable bonds is 5. The highest BCUT2D eigenvalue weighted by atomic mass is 19.4. The number of hydrogen-bond donors (Lipinski definition) is 2. The summed E-state index contributed by atoms with van der Waals surface area (Å²) in [4.78, 5) is 29.7. The second-order valence-corrected chi connectivity index (χ2v) is 7.89. The Morgan fingerprint density at radius 3 is 2.53 bits per heavy atom. The van der Waals surface area contributed by atoms with E-state index < -0.39 is 23.1 Å². The van der Waals surface area contributed by atoms with Crippen molar-refractivity contribution in [1.82, 2.24) is 19.7 Å². The van der Waals surface area contributed by atoms with Gasteiger partial charge < -0.3 is 4.98 Å². The van der Waals surface area contributed by atoms with Crippen molar-refractivity contribution in [2.75, 3.05) is 0 Å². The van der Waals surface area contributed by atoms with Gasteiger partial charge in [0, 0.05) is 30.1 Å². The van der Waals surface area contributed by atoms with Crippen LogP contribution in [0, 0.1) is 0 Å². The summed E-state index contributed by atoms with van der Waals surface area (Å²) in [6, 6.07) is 10.6. The molecule has 0 fully saturated rings. The predicted molar refractivity (Wildman–Crippen MR) is 114 cm³/mol. The van der Waals surface area contributed by atoms with Gasteiger partial charge in [-0.15, -0.1) is 0 Å². The number of H-pyrrole nitrogens is 2. The van der Waals surface area contributed by atoms with Gasteiger partial charge in [-0.3, -0.25) is 14.5 Å². The number of nitrogens with zero attached hydrogens (tertiary/aromatic N) is 2. The Kier molecular flexibility index (Phi) is 5.90. The molecule has 2 heterocycles. The minimum atomic E-state index is -4.50. The molecule has 6 nitrogen and oxygen atoms in total. The number of alkyl halides is 3. The molecule has 2 aromatic heterocycles. The van der Waals surface area contributed by atoms with E-state index >= 15 is 0 Å². The molecular formula is C23H23F3N4O2. The monoisotopic (exact) mass is 444 g/mol. The topological polar surface area (TPSA) is 83.5 Å². The van der Waals surface area contributed by atoms with Crippen LogP contribution in [0.4, 0.5) is 13.2 Å². The molecular weight excluding hydrogens is 421 g/mol. The molecule has 0 spiro atoms. The number of halogens is 3. The molecule has 168 valence electrons. The van der Waals surface area contributed by atoms with Gasteiger partial charge in [0.15, 0.2) is 5.69 Å². The molecule has 1 atom stereocenters. The van der Waals surface area contributed by atoms with E-state index in [4.69, 9.17) is 0 Å². The van der Waals surface area contributed by atoms with E-state index in [0.29, 0.717) is 49.2 Å². The molecule has 2 N–H and O–H groups in total. The summed E-state index contributed by atoms with van der Waals surface area (Å²) in [5.74, 6) is -0.104. The van der Waals surface area contributed by atoms with Gasteiger partial charge in [0.1, 0.15) is 0 Å². The molecule has 0 bridgehead atoms. The molecule has 0 amide bonds. The lowest BCUT2D eigenvalue weighted by Crippen LogP contribution is -2.30. The molecule has 1 aromatic carbocycles. The zero-order valence-corrected chi connectivity index (χ0v) is 17.5. The zero-order valence-electron chi connectivity index (χ0n) is 17.5. The van der Waals surface area contributed by atoms with Crippen LogP contribution in [0.25, 0.3) is 5.57 Å². The van der Waals surface area contributed by atoms with E-state index in [1.54, 1.807) is 6.92 Å². The van der Waals surface area contributed by atoms with E-state index in [2.05, 4.69) is 15.1 Å². The van der Waals surface area contributed by atoms with Gasteiger partial charge in [0.25, 0.3) is 5.56 Å². The number of allylic oxidation sites excluding steroid dienone is 2. The largest absolute Gasteiger partial charge is 0.435 e. The van der Waals surface area contributed by atoms with Gasteiger partial charge in [0.2, 0.25) is 0 Å². The van der Waals surface area contributed by atoms with E-state index in [1.165, 1.54) is 4.68 Å². The molecule has 0 aliphatic heterocycles. The first kappa shape index (κ1) is 21.9. The number of aromatic amines is 2. The Morgan fingerprint density at radius 1 is 1.16 bits per heavy atom. The van der Waals surface area contributed by atoms with Crippen LogP contribution in [0.5, 0.6) is 0 Å². The van der Waals surface area contributed by atoms with Crippen LogP contribution in [0.1, 0.15) is 60.3 Å². The van der Waals surface area contributed by atoms with Crippen molar-refractivity contribution in [2.45, 2.75) is 51.2 Å². The Morgan fingerprint density at radius 2 is 1.91 bits per heavy atom. The second-order valence-electron chi connectivity index (χ2n) is 7.89. The minimum Gasteiger partial charge on any atom is -0.311 e. The molecule has 32 heavy (non-hydrogen) atoms. The van der Waals surface area contributed by atoms with Crippen molar-refractivity contribution in [1.29, 1.82) is 0 Å². The van der Waals surface area contributed by atoms with Crippen molar-refractivity contribution >= 4 is 5.57 Å². The molecule has 3 aromatic rings. The van der Waals surface area contributed by atoms with Crippen LogP contribution in [0.3, 0.4) is 0 Å². The van der Waals surface area contributed by atoms with Crippen molar-refractivity contribution in [3.05, 3.63) is 91.5 Å². The number of hydrogen-bond acceptors (Lipinski definition) is 3. The first-order valence-corrected chi connectivity index (χ1v) is 10.5. The lowest BCUT2D eigenvalue weighted by atomic mass is 9.84. The van der Waals surface area contributed by atoms with Crippen LogP contribution >= 0.6 is 0 Å². The standard InChI is InChI=1S/C23H23F3N4O2/c1-2-30-18(13-19(29-30)23(24,25)26)15-8-10-16(11-9-15)20-17(21(31)28-22(32)27-20)12-14-6-4-3-5-7-14/h3-8,13,16H,2,9-12H2,1H3,(H2,27,28,31,32). The second kappa shape index (κ2) is 8.64. The minimum absolute atomic E-state index is 0.104. The molecule has 1 aliphatic carbocycles. The van der Waals surface area contributed by atoms with Crippen molar-refractivity contribution in [2.24, 2.45) is 0 Å². The molecule has 0 saturated heterocycles. The van der Waals surface area contributed by atoms with Crippen LogP contribution in [-0.4, -0.2) is 19.7 Å². The maximum absolute atomic E-state index is 13.1. The summed E-state index contributed by atoms with van der Waals surface area (Å²) in [6.45, 7) is 2.08. The van der Waals surface area contributed by atoms with Crippen LogP contribution in [-0.2, 0) is 19.1 Å². The van der Waals surface area contributed by atoms with Gasteiger partial charge in [-0.1, -0.05) is 36.4 Å². The third kappa shape index (κ3) is 4.46. The Hall–Kier alpha value is -3.36.